The van der Waals surface area contributed by atoms with Crippen molar-refractivity contribution in [3.8, 4) is 0 Å². The molecule has 0 saturated carbocycles. The fraction of sp³-hybridized carbons (Fsp3) is 0.889. The van der Waals surface area contributed by atoms with E-state index in [1.54, 1.807) is 0 Å². The summed E-state index contributed by atoms with van der Waals surface area (Å²) in [6.07, 6.45) is 0. The fourth-order valence-electron chi connectivity index (χ4n) is 0.811. The Morgan fingerprint density at radius 1 is 1.33 bits per heavy atom. The van der Waals surface area contributed by atoms with Crippen LogP contribution in [-0.4, -0.2) is 29.8 Å². The lowest BCUT2D eigenvalue weighted by Gasteiger charge is -2.21. The average Bonchev–Trinajstić information content (AvgIpc) is 2.03. The van der Waals surface area contributed by atoms with Gasteiger partial charge in [-0.15, -0.1) is 0 Å². The van der Waals surface area contributed by atoms with Crippen molar-refractivity contribution >= 4 is 17.4 Å². The molecular formula is C9H19NOS. The number of ether oxygens (including phenoxy) is 1. The van der Waals surface area contributed by atoms with Crippen LogP contribution in [-0.2, 0) is 4.74 Å². The summed E-state index contributed by atoms with van der Waals surface area (Å²) in [5, 5.41) is 0.633. The zero-order chi connectivity index (χ0) is 9.56. The van der Waals surface area contributed by atoms with Crippen LogP contribution < -0.4 is 0 Å². The molecule has 0 saturated heterocycles. The fourth-order valence-corrected chi connectivity index (χ4v) is 1.14. The van der Waals surface area contributed by atoms with Gasteiger partial charge in [-0.3, -0.25) is 0 Å². The van der Waals surface area contributed by atoms with Gasteiger partial charge in [-0.05, 0) is 32.0 Å². The summed E-state index contributed by atoms with van der Waals surface area (Å²) < 4.78 is 5.40. The summed E-state index contributed by atoms with van der Waals surface area (Å²) in [4.78, 5) is 2.04. The number of thiocarbonyl (C=S) groups is 1. The second kappa shape index (κ2) is 6.23. The summed E-state index contributed by atoms with van der Waals surface area (Å²) in [6.45, 7) is 11.0. The van der Waals surface area contributed by atoms with Gasteiger partial charge in [0.15, 0.2) is 0 Å². The maximum atomic E-state index is 5.40. The highest BCUT2D eigenvalue weighted by atomic mass is 32.1. The van der Waals surface area contributed by atoms with Crippen LogP contribution in [0, 0.1) is 5.92 Å². The van der Waals surface area contributed by atoms with E-state index in [1.165, 1.54) is 0 Å². The molecule has 0 rings (SSSR count). The van der Waals surface area contributed by atoms with Gasteiger partial charge in [-0.1, -0.05) is 13.8 Å². The second-order valence-corrected chi connectivity index (χ2v) is 3.49. The zero-order valence-electron chi connectivity index (χ0n) is 8.46. The molecule has 0 radical (unpaired) electrons. The first-order valence-corrected chi connectivity index (χ1v) is 4.94. The van der Waals surface area contributed by atoms with E-state index in [0.29, 0.717) is 11.1 Å². The van der Waals surface area contributed by atoms with Crippen LogP contribution in [0.1, 0.15) is 27.7 Å². The Labute approximate surface area is 80.9 Å². The molecule has 0 atom stereocenters. The lowest BCUT2D eigenvalue weighted by atomic mass is 10.2. The number of rotatable bonds is 4. The van der Waals surface area contributed by atoms with Crippen molar-refractivity contribution < 1.29 is 4.74 Å². The Bertz CT molecular complexity index is 132. The first-order valence-electron chi connectivity index (χ1n) is 4.53. The summed E-state index contributed by atoms with van der Waals surface area (Å²) in [5.41, 5.74) is 0. The number of nitrogens with zero attached hydrogens (tertiary/aromatic N) is 1. The van der Waals surface area contributed by atoms with Gasteiger partial charge in [-0.25, -0.2) is 0 Å². The lowest BCUT2D eigenvalue weighted by Crippen LogP contribution is -2.31. The van der Waals surface area contributed by atoms with Crippen molar-refractivity contribution in [2.24, 2.45) is 5.92 Å². The van der Waals surface area contributed by atoms with E-state index in [2.05, 4.69) is 27.7 Å². The molecule has 0 aromatic heterocycles. The standard InChI is InChI=1S/C9H19NOS/c1-5-10(6-2)9(12)11-7-8(3)4/h8H,5-7H2,1-4H3. The van der Waals surface area contributed by atoms with Crippen molar-refractivity contribution in [2.75, 3.05) is 19.7 Å². The smallest absolute Gasteiger partial charge is 0.259 e. The molecule has 0 N–H and O–H groups in total. The first kappa shape index (κ1) is 11.7. The van der Waals surface area contributed by atoms with Crippen molar-refractivity contribution in [2.45, 2.75) is 27.7 Å². The van der Waals surface area contributed by atoms with Gasteiger partial charge in [0.25, 0.3) is 5.17 Å². The third-order valence-electron chi connectivity index (χ3n) is 1.56. The normalized spacial score (nSPS) is 10.1. The van der Waals surface area contributed by atoms with E-state index < -0.39 is 0 Å². The Kier molecular flexibility index (Phi) is 6.07. The Balaban J connectivity index is 3.69. The monoisotopic (exact) mass is 189 g/mol. The molecule has 0 bridgehead atoms. The van der Waals surface area contributed by atoms with E-state index in [9.17, 15) is 0 Å². The number of hydrogen-bond donors (Lipinski definition) is 0. The molecule has 0 spiro atoms. The van der Waals surface area contributed by atoms with E-state index in [1.807, 2.05) is 4.90 Å². The van der Waals surface area contributed by atoms with Crippen LogP contribution in [0.15, 0.2) is 0 Å². The van der Waals surface area contributed by atoms with Crippen LogP contribution in [0.2, 0.25) is 0 Å². The molecule has 0 aliphatic rings. The summed E-state index contributed by atoms with van der Waals surface area (Å²) in [6, 6.07) is 0. The molecule has 0 aromatic carbocycles. The minimum Gasteiger partial charge on any atom is -0.471 e. The van der Waals surface area contributed by atoms with Gasteiger partial charge in [0, 0.05) is 13.1 Å². The summed E-state index contributed by atoms with van der Waals surface area (Å²) in [5.74, 6) is 0.540. The lowest BCUT2D eigenvalue weighted by molar-refractivity contribution is 0.218. The Hall–Kier alpha value is -0.310. The summed E-state index contributed by atoms with van der Waals surface area (Å²) in [7, 11) is 0. The van der Waals surface area contributed by atoms with Crippen LogP contribution in [0.3, 0.4) is 0 Å². The van der Waals surface area contributed by atoms with Gasteiger partial charge in [0.1, 0.15) is 0 Å². The van der Waals surface area contributed by atoms with Gasteiger partial charge in [-0.2, -0.15) is 0 Å². The van der Waals surface area contributed by atoms with Crippen LogP contribution in [0.4, 0.5) is 0 Å². The van der Waals surface area contributed by atoms with Gasteiger partial charge in [0.2, 0.25) is 0 Å². The molecule has 3 heteroatoms. The van der Waals surface area contributed by atoms with Crippen LogP contribution >= 0.6 is 12.2 Å². The molecule has 0 fully saturated rings. The quantitative estimate of drug-likeness (QED) is 0.630. The van der Waals surface area contributed by atoms with Crippen molar-refractivity contribution in [3.63, 3.8) is 0 Å². The number of hydrogen-bond acceptors (Lipinski definition) is 2. The van der Waals surface area contributed by atoms with Crippen LogP contribution in [0.5, 0.6) is 0 Å². The molecule has 0 amide bonds. The minimum absolute atomic E-state index is 0.540. The molecule has 0 heterocycles. The highest BCUT2D eigenvalue weighted by Gasteiger charge is 2.06. The second-order valence-electron chi connectivity index (χ2n) is 3.14. The van der Waals surface area contributed by atoms with Gasteiger partial charge >= 0.3 is 0 Å². The molecule has 12 heavy (non-hydrogen) atoms. The molecule has 0 aliphatic heterocycles. The Morgan fingerprint density at radius 2 is 1.83 bits per heavy atom. The highest BCUT2D eigenvalue weighted by molar-refractivity contribution is 7.80. The molecule has 0 aromatic rings. The topological polar surface area (TPSA) is 12.5 Å². The first-order chi connectivity index (χ1) is 5.61. The summed E-state index contributed by atoms with van der Waals surface area (Å²) >= 11 is 5.10. The average molecular weight is 189 g/mol. The van der Waals surface area contributed by atoms with Gasteiger partial charge in [0.05, 0.1) is 6.61 Å². The predicted octanol–water partition coefficient (Wildman–Crippen LogP) is 2.29. The van der Waals surface area contributed by atoms with E-state index in [0.717, 1.165) is 19.7 Å². The van der Waals surface area contributed by atoms with E-state index >= 15 is 0 Å². The van der Waals surface area contributed by atoms with Crippen molar-refractivity contribution in [1.82, 2.24) is 4.90 Å². The van der Waals surface area contributed by atoms with E-state index in [4.69, 9.17) is 17.0 Å². The zero-order valence-corrected chi connectivity index (χ0v) is 9.28. The molecule has 0 unspecified atom stereocenters. The van der Waals surface area contributed by atoms with Crippen LogP contribution in [0.25, 0.3) is 0 Å². The maximum absolute atomic E-state index is 5.40. The molecular weight excluding hydrogens is 170 g/mol. The largest absolute Gasteiger partial charge is 0.471 e. The third kappa shape index (κ3) is 4.54. The van der Waals surface area contributed by atoms with Gasteiger partial charge < -0.3 is 9.64 Å². The van der Waals surface area contributed by atoms with Crippen molar-refractivity contribution in [1.29, 1.82) is 0 Å². The van der Waals surface area contributed by atoms with E-state index in [-0.39, 0.29) is 0 Å². The molecule has 72 valence electrons. The maximum Gasteiger partial charge on any atom is 0.259 e. The SMILES string of the molecule is CCN(CC)C(=S)OCC(C)C. The predicted molar refractivity (Wildman–Crippen MR) is 56.3 cm³/mol. The van der Waals surface area contributed by atoms with Crippen molar-refractivity contribution in [3.05, 3.63) is 0 Å². The molecule has 2 nitrogen and oxygen atoms in total. The third-order valence-corrected chi connectivity index (χ3v) is 1.94. The Morgan fingerprint density at radius 3 is 2.17 bits per heavy atom. The highest BCUT2D eigenvalue weighted by Crippen LogP contribution is 1.98. The minimum atomic E-state index is 0.540. The molecule has 0 aliphatic carbocycles.